The zero-order valence-electron chi connectivity index (χ0n) is 11.2. The molecule has 2 rings (SSSR count). The predicted octanol–water partition coefficient (Wildman–Crippen LogP) is 0.0905. The monoisotopic (exact) mass is 302 g/mol. The first kappa shape index (κ1) is 17.3. The van der Waals surface area contributed by atoms with Crippen molar-refractivity contribution in [3.8, 4) is 0 Å². The van der Waals surface area contributed by atoms with Gasteiger partial charge in [0, 0.05) is 0 Å². The molecular formula is C14H15KO3S. The van der Waals surface area contributed by atoms with Crippen molar-refractivity contribution in [1.29, 1.82) is 0 Å². The molecule has 3 nitrogen and oxygen atoms in total. The van der Waals surface area contributed by atoms with Gasteiger partial charge in [-0.2, -0.15) is 0 Å². The number of hydrogen-bond donors (Lipinski definition) is 0. The Kier molecular flexibility index (Phi) is 6.66. The van der Waals surface area contributed by atoms with E-state index in [0.29, 0.717) is 5.39 Å². The van der Waals surface area contributed by atoms with E-state index in [2.05, 4.69) is 6.92 Å². The van der Waals surface area contributed by atoms with Crippen molar-refractivity contribution < 1.29 is 64.4 Å². The molecule has 0 aliphatic carbocycles. The molecule has 2 aromatic carbocycles. The van der Waals surface area contributed by atoms with Crippen molar-refractivity contribution in [3.63, 3.8) is 0 Å². The molecule has 0 amide bonds. The van der Waals surface area contributed by atoms with E-state index in [1.54, 1.807) is 6.07 Å². The zero-order valence-corrected chi connectivity index (χ0v) is 15.2. The third kappa shape index (κ3) is 4.36. The SMILES string of the molecule is CCCCc1ccc2cccc(S(=O)(=O)[O-])c2c1.[K+]. The largest absolute Gasteiger partial charge is 1.00 e. The van der Waals surface area contributed by atoms with Crippen LogP contribution >= 0.6 is 0 Å². The minimum absolute atomic E-state index is 0. The van der Waals surface area contributed by atoms with Crippen LogP contribution in [-0.2, 0) is 16.5 Å². The standard InChI is InChI=1S/C14H16O3S.K/c1-2-3-5-11-8-9-12-6-4-7-14(13(12)10-11)18(15,16)17;/h4,6-10H,2-3,5H2,1H3,(H,15,16,17);/q;+1/p-1. The van der Waals surface area contributed by atoms with E-state index in [1.807, 2.05) is 24.3 Å². The Morgan fingerprint density at radius 3 is 2.53 bits per heavy atom. The van der Waals surface area contributed by atoms with Crippen LogP contribution in [0.15, 0.2) is 41.3 Å². The molecule has 0 unspecified atom stereocenters. The van der Waals surface area contributed by atoms with Crippen LogP contribution in [0.3, 0.4) is 0 Å². The summed E-state index contributed by atoms with van der Waals surface area (Å²) < 4.78 is 33.6. The van der Waals surface area contributed by atoms with Gasteiger partial charge in [0.15, 0.2) is 0 Å². The number of fused-ring (bicyclic) bond motifs is 1. The number of unbranched alkanes of at least 4 members (excludes halogenated alkanes) is 1. The molecule has 0 aromatic heterocycles. The summed E-state index contributed by atoms with van der Waals surface area (Å²) in [6.07, 6.45) is 3.04. The van der Waals surface area contributed by atoms with Crippen molar-refractivity contribution in [2.45, 2.75) is 31.1 Å². The van der Waals surface area contributed by atoms with E-state index in [4.69, 9.17) is 0 Å². The number of benzene rings is 2. The van der Waals surface area contributed by atoms with Crippen molar-refractivity contribution in [2.75, 3.05) is 0 Å². The molecule has 0 fully saturated rings. The second kappa shape index (κ2) is 7.31. The second-order valence-corrected chi connectivity index (χ2v) is 5.72. The summed E-state index contributed by atoms with van der Waals surface area (Å²) in [4.78, 5) is -0.127. The van der Waals surface area contributed by atoms with Gasteiger partial charge in [-0.15, -0.1) is 0 Å². The van der Waals surface area contributed by atoms with E-state index in [9.17, 15) is 13.0 Å². The molecule has 19 heavy (non-hydrogen) atoms. The summed E-state index contributed by atoms with van der Waals surface area (Å²) in [5.41, 5.74) is 1.07. The topological polar surface area (TPSA) is 57.2 Å². The average molecular weight is 302 g/mol. The minimum atomic E-state index is -4.42. The summed E-state index contributed by atoms with van der Waals surface area (Å²) >= 11 is 0. The molecule has 0 bridgehead atoms. The Bertz CT molecular complexity index is 665. The van der Waals surface area contributed by atoms with Crippen LogP contribution in [-0.4, -0.2) is 13.0 Å². The zero-order chi connectivity index (χ0) is 13.2. The molecule has 0 aliphatic rings. The molecular weight excluding hydrogens is 287 g/mol. The Morgan fingerprint density at radius 2 is 1.89 bits per heavy atom. The van der Waals surface area contributed by atoms with E-state index in [1.165, 1.54) is 6.07 Å². The summed E-state index contributed by atoms with van der Waals surface area (Å²) in [6.45, 7) is 2.11. The Morgan fingerprint density at radius 1 is 1.16 bits per heavy atom. The van der Waals surface area contributed by atoms with Gasteiger partial charge in [-0.05, 0) is 41.3 Å². The van der Waals surface area contributed by atoms with E-state index < -0.39 is 10.1 Å². The summed E-state index contributed by atoms with van der Waals surface area (Å²) in [6, 6.07) is 10.4. The van der Waals surface area contributed by atoms with E-state index in [-0.39, 0.29) is 56.3 Å². The molecule has 2 aromatic rings. The maximum atomic E-state index is 11.2. The van der Waals surface area contributed by atoms with Gasteiger partial charge in [0.1, 0.15) is 10.1 Å². The fourth-order valence-corrected chi connectivity index (χ4v) is 2.74. The van der Waals surface area contributed by atoms with Gasteiger partial charge in [-0.1, -0.05) is 37.6 Å². The van der Waals surface area contributed by atoms with Crippen LogP contribution in [0.1, 0.15) is 25.3 Å². The van der Waals surface area contributed by atoms with Crippen LogP contribution < -0.4 is 51.4 Å². The second-order valence-electron chi connectivity index (χ2n) is 4.37. The van der Waals surface area contributed by atoms with Crippen molar-refractivity contribution >= 4 is 20.9 Å². The van der Waals surface area contributed by atoms with Crippen LogP contribution in [0.4, 0.5) is 0 Å². The van der Waals surface area contributed by atoms with Crippen LogP contribution in [0.2, 0.25) is 0 Å². The quantitative estimate of drug-likeness (QED) is 0.594. The summed E-state index contributed by atoms with van der Waals surface area (Å²) in [5.74, 6) is 0. The van der Waals surface area contributed by atoms with E-state index >= 15 is 0 Å². The van der Waals surface area contributed by atoms with Gasteiger partial charge < -0.3 is 4.55 Å². The Labute approximate surface area is 156 Å². The number of aryl methyl sites for hydroxylation is 1. The van der Waals surface area contributed by atoms with Gasteiger partial charge in [0.2, 0.25) is 0 Å². The number of rotatable bonds is 4. The summed E-state index contributed by atoms with van der Waals surface area (Å²) in [7, 11) is -4.42. The minimum Gasteiger partial charge on any atom is -0.744 e. The molecule has 96 valence electrons. The van der Waals surface area contributed by atoms with Crippen LogP contribution in [0.25, 0.3) is 10.8 Å². The molecule has 5 heteroatoms. The molecule has 0 spiro atoms. The van der Waals surface area contributed by atoms with Gasteiger partial charge in [0.25, 0.3) is 0 Å². The molecule has 0 saturated carbocycles. The fraction of sp³-hybridized carbons (Fsp3) is 0.286. The maximum absolute atomic E-state index is 11.2. The van der Waals surface area contributed by atoms with Gasteiger partial charge in [0.05, 0.1) is 4.90 Å². The summed E-state index contributed by atoms with van der Waals surface area (Å²) in [5, 5.41) is 1.31. The molecule has 0 atom stereocenters. The first-order valence-corrected chi connectivity index (χ1v) is 7.41. The Balaban J connectivity index is 0.00000180. The van der Waals surface area contributed by atoms with Crippen molar-refractivity contribution in [2.24, 2.45) is 0 Å². The molecule has 0 saturated heterocycles. The smallest absolute Gasteiger partial charge is 0.744 e. The third-order valence-corrected chi connectivity index (χ3v) is 3.89. The first-order valence-electron chi connectivity index (χ1n) is 6.00. The van der Waals surface area contributed by atoms with Gasteiger partial charge in [-0.3, -0.25) is 0 Å². The van der Waals surface area contributed by atoms with E-state index in [0.717, 1.165) is 30.2 Å². The fourth-order valence-electron chi connectivity index (χ4n) is 2.05. The molecule has 0 heterocycles. The molecule has 0 N–H and O–H groups in total. The average Bonchev–Trinajstić information content (AvgIpc) is 2.34. The van der Waals surface area contributed by atoms with Crippen molar-refractivity contribution in [3.05, 3.63) is 42.0 Å². The third-order valence-electron chi connectivity index (χ3n) is 2.99. The molecule has 0 radical (unpaired) electrons. The maximum Gasteiger partial charge on any atom is 1.00 e. The van der Waals surface area contributed by atoms with Crippen LogP contribution in [0, 0.1) is 0 Å². The van der Waals surface area contributed by atoms with Crippen LogP contribution in [0.5, 0.6) is 0 Å². The molecule has 0 aliphatic heterocycles. The van der Waals surface area contributed by atoms with Crippen molar-refractivity contribution in [1.82, 2.24) is 0 Å². The first-order chi connectivity index (χ1) is 8.52. The predicted molar refractivity (Wildman–Crippen MR) is 70.5 cm³/mol. The van der Waals surface area contributed by atoms with Gasteiger partial charge in [-0.25, -0.2) is 8.42 Å². The number of hydrogen-bond acceptors (Lipinski definition) is 3. The Hall–Kier alpha value is 0.246. The van der Waals surface area contributed by atoms with Gasteiger partial charge >= 0.3 is 51.4 Å². The normalized spacial score (nSPS) is 11.3.